The molecule has 0 atom stereocenters. The van der Waals surface area contributed by atoms with Gasteiger partial charge >= 0.3 is 5.90 Å². The normalized spacial score (nSPS) is 8.73. The van der Waals surface area contributed by atoms with E-state index in [9.17, 15) is 0 Å². The molecule has 0 aliphatic carbocycles. The lowest BCUT2D eigenvalue weighted by Gasteiger charge is -2.00. The number of rotatable bonds is 4. The van der Waals surface area contributed by atoms with Crippen LogP contribution in [0.1, 0.15) is 18.9 Å². The van der Waals surface area contributed by atoms with Gasteiger partial charge in [0.15, 0.2) is 0 Å². The highest BCUT2D eigenvalue weighted by atomic mass is 35.5. The molecule has 0 aromatic heterocycles. The van der Waals surface area contributed by atoms with Crippen LogP contribution in [0.2, 0.25) is 0 Å². The van der Waals surface area contributed by atoms with Crippen molar-refractivity contribution in [2.24, 2.45) is 0 Å². The van der Waals surface area contributed by atoms with Crippen molar-refractivity contribution in [2.45, 2.75) is 19.8 Å². The number of aryl methyl sites for hydroxylation is 1. The van der Waals surface area contributed by atoms with Crippen molar-refractivity contribution >= 4 is 17.5 Å². The number of nitrogens with two attached hydrogens (primary N) is 1. The van der Waals surface area contributed by atoms with E-state index in [0.29, 0.717) is 12.5 Å². The standard InChI is InChI=1S/C11H15NO.CH3Cl/c1-2-13-11(12)9-8-10-6-4-3-5-7-10;1-2/h3-7,12H,2,8-9H2,1H3;1H3/p+1. The van der Waals surface area contributed by atoms with Gasteiger partial charge < -0.3 is 4.74 Å². The summed E-state index contributed by atoms with van der Waals surface area (Å²) < 4.78 is 5.16. The number of ether oxygens (including phenoxy) is 1. The molecule has 0 fully saturated rings. The molecule has 1 aromatic carbocycles. The SMILES string of the molecule is CCOC(=[NH2+])CCc1ccccc1.CCl. The van der Waals surface area contributed by atoms with Crippen molar-refractivity contribution in [3.8, 4) is 0 Å². The van der Waals surface area contributed by atoms with E-state index in [2.05, 4.69) is 23.7 Å². The van der Waals surface area contributed by atoms with E-state index >= 15 is 0 Å². The first kappa shape index (κ1) is 14.0. The van der Waals surface area contributed by atoms with Crippen LogP contribution >= 0.6 is 11.6 Å². The summed E-state index contributed by atoms with van der Waals surface area (Å²) in [6.45, 7) is 2.59. The zero-order valence-corrected chi connectivity index (χ0v) is 10.1. The Hall–Kier alpha value is -1.02. The van der Waals surface area contributed by atoms with E-state index in [1.165, 1.54) is 11.9 Å². The molecule has 84 valence electrons. The quantitative estimate of drug-likeness (QED) is 0.475. The molecule has 0 amide bonds. The Kier molecular flexibility index (Phi) is 8.88. The van der Waals surface area contributed by atoms with Crippen LogP contribution in [0, 0.1) is 0 Å². The van der Waals surface area contributed by atoms with Gasteiger partial charge in [-0.15, -0.1) is 11.6 Å². The maximum Gasteiger partial charge on any atom is 0.333 e. The lowest BCUT2D eigenvalue weighted by atomic mass is 10.1. The predicted molar refractivity (Wildman–Crippen MR) is 65.1 cm³/mol. The molecule has 0 saturated carbocycles. The Morgan fingerprint density at radius 3 is 2.40 bits per heavy atom. The molecule has 15 heavy (non-hydrogen) atoms. The second-order valence-electron chi connectivity index (χ2n) is 2.88. The maximum atomic E-state index is 5.63. The summed E-state index contributed by atoms with van der Waals surface area (Å²) in [7, 11) is 0. The van der Waals surface area contributed by atoms with E-state index in [0.717, 1.165) is 12.8 Å². The van der Waals surface area contributed by atoms with Crippen LogP contribution in [0.4, 0.5) is 0 Å². The lowest BCUT2D eigenvalue weighted by molar-refractivity contribution is -0.143. The molecule has 1 aromatic rings. The summed E-state index contributed by atoms with van der Waals surface area (Å²) in [6, 6.07) is 10.3. The summed E-state index contributed by atoms with van der Waals surface area (Å²) in [5.41, 5.74) is 1.30. The molecule has 2 N–H and O–H groups in total. The van der Waals surface area contributed by atoms with Crippen LogP contribution in [0.5, 0.6) is 0 Å². The number of hydrogen-bond donors (Lipinski definition) is 1. The fourth-order valence-electron chi connectivity index (χ4n) is 1.17. The molecule has 0 bridgehead atoms. The van der Waals surface area contributed by atoms with Crippen LogP contribution < -0.4 is 5.41 Å². The molecule has 1 rings (SSSR count). The van der Waals surface area contributed by atoms with Gasteiger partial charge in [-0.3, -0.25) is 0 Å². The van der Waals surface area contributed by atoms with Crippen molar-refractivity contribution in [3.05, 3.63) is 35.9 Å². The van der Waals surface area contributed by atoms with Gasteiger partial charge in [0.1, 0.15) is 0 Å². The summed E-state index contributed by atoms with van der Waals surface area (Å²) in [4.78, 5) is 0. The minimum Gasteiger partial charge on any atom is -0.448 e. The summed E-state index contributed by atoms with van der Waals surface area (Å²) >= 11 is 4.64. The zero-order valence-electron chi connectivity index (χ0n) is 9.37. The molecular formula is C12H19ClNO+. The Balaban J connectivity index is 0.000000921. The first-order chi connectivity index (χ1) is 7.33. The molecule has 0 aliphatic rings. The topological polar surface area (TPSA) is 34.8 Å². The van der Waals surface area contributed by atoms with E-state index < -0.39 is 0 Å². The number of benzene rings is 1. The van der Waals surface area contributed by atoms with Gasteiger partial charge in [-0.2, -0.15) is 0 Å². The molecule has 0 unspecified atom stereocenters. The second-order valence-corrected chi connectivity index (χ2v) is 2.88. The number of hydrogen-bond acceptors (Lipinski definition) is 1. The smallest absolute Gasteiger partial charge is 0.333 e. The van der Waals surface area contributed by atoms with Crippen molar-refractivity contribution < 1.29 is 10.1 Å². The number of alkyl halides is 1. The molecular weight excluding hydrogens is 210 g/mol. The van der Waals surface area contributed by atoms with Gasteiger partial charge in [-0.1, -0.05) is 30.3 Å². The van der Waals surface area contributed by atoms with Crippen LogP contribution in [0.3, 0.4) is 0 Å². The summed E-state index contributed by atoms with van der Waals surface area (Å²) in [5, 5.41) is 5.63. The molecule has 0 saturated heterocycles. The van der Waals surface area contributed by atoms with Gasteiger partial charge in [0.25, 0.3) is 0 Å². The van der Waals surface area contributed by atoms with E-state index in [-0.39, 0.29) is 0 Å². The zero-order chi connectivity index (χ0) is 11.5. The predicted octanol–water partition coefficient (Wildman–Crippen LogP) is 1.67. The van der Waals surface area contributed by atoms with Crippen molar-refractivity contribution in [1.82, 2.24) is 0 Å². The van der Waals surface area contributed by atoms with Crippen LogP contribution in [-0.4, -0.2) is 18.9 Å². The van der Waals surface area contributed by atoms with Gasteiger partial charge in [0, 0.05) is 6.38 Å². The molecule has 0 aliphatic heterocycles. The van der Waals surface area contributed by atoms with Crippen molar-refractivity contribution in [3.63, 3.8) is 0 Å². The average molecular weight is 229 g/mol. The van der Waals surface area contributed by atoms with Crippen LogP contribution in [0.25, 0.3) is 0 Å². The van der Waals surface area contributed by atoms with E-state index in [4.69, 9.17) is 10.1 Å². The minimum atomic E-state index is 0.631. The molecule has 0 radical (unpaired) electrons. The summed E-state index contributed by atoms with van der Waals surface area (Å²) in [5.74, 6) is 0.631. The highest BCUT2D eigenvalue weighted by Gasteiger charge is 2.02. The Bertz CT molecular complexity index is 262. The second kappa shape index (κ2) is 9.53. The van der Waals surface area contributed by atoms with Gasteiger partial charge in [-0.25, -0.2) is 5.41 Å². The third kappa shape index (κ3) is 6.97. The first-order valence-electron chi connectivity index (χ1n) is 4.98. The largest absolute Gasteiger partial charge is 0.448 e. The van der Waals surface area contributed by atoms with Crippen LogP contribution in [0.15, 0.2) is 30.3 Å². The average Bonchev–Trinajstić information content (AvgIpc) is 2.31. The van der Waals surface area contributed by atoms with E-state index in [1.807, 2.05) is 25.1 Å². The van der Waals surface area contributed by atoms with Gasteiger partial charge in [-0.05, 0) is 18.9 Å². The van der Waals surface area contributed by atoms with Gasteiger partial charge in [0.2, 0.25) is 0 Å². The number of halogens is 1. The monoisotopic (exact) mass is 228 g/mol. The third-order valence-corrected chi connectivity index (χ3v) is 1.83. The lowest BCUT2D eigenvalue weighted by Crippen LogP contribution is -2.41. The highest BCUT2D eigenvalue weighted by molar-refractivity contribution is 6.15. The fraction of sp³-hybridized carbons (Fsp3) is 0.417. The van der Waals surface area contributed by atoms with Crippen LogP contribution in [-0.2, 0) is 11.2 Å². The van der Waals surface area contributed by atoms with Gasteiger partial charge in [0.05, 0.1) is 13.0 Å². The minimum absolute atomic E-state index is 0.631. The Morgan fingerprint density at radius 1 is 1.27 bits per heavy atom. The molecule has 3 heteroatoms. The molecule has 0 heterocycles. The van der Waals surface area contributed by atoms with E-state index in [1.54, 1.807) is 0 Å². The fourth-order valence-corrected chi connectivity index (χ4v) is 1.17. The Labute approximate surface area is 96.7 Å². The van der Waals surface area contributed by atoms with Crippen molar-refractivity contribution in [1.29, 1.82) is 0 Å². The first-order valence-corrected chi connectivity index (χ1v) is 5.74. The summed E-state index contributed by atoms with van der Waals surface area (Å²) in [6.07, 6.45) is 3.23. The third-order valence-electron chi connectivity index (χ3n) is 1.83. The highest BCUT2D eigenvalue weighted by Crippen LogP contribution is 2.02. The van der Waals surface area contributed by atoms with Crippen molar-refractivity contribution in [2.75, 3.05) is 13.0 Å². The molecule has 2 nitrogen and oxygen atoms in total. The molecule has 0 spiro atoms. The Morgan fingerprint density at radius 2 is 1.87 bits per heavy atom. The maximum absolute atomic E-state index is 5.63.